The molecule has 0 N–H and O–H groups in total. The number of alkyl halides is 3. The van der Waals surface area contributed by atoms with Gasteiger partial charge in [-0.1, -0.05) is 6.07 Å². The highest BCUT2D eigenvalue weighted by Gasteiger charge is 2.34. The van der Waals surface area contributed by atoms with Gasteiger partial charge in [0.05, 0.1) is 5.56 Å². The smallest absolute Gasteiger partial charge is 0.369 e. The van der Waals surface area contributed by atoms with Gasteiger partial charge in [-0.3, -0.25) is 14.6 Å². The van der Waals surface area contributed by atoms with Crippen molar-refractivity contribution in [2.75, 3.05) is 57.3 Å². The second-order valence-electron chi connectivity index (χ2n) is 9.10. The molecule has 0 saturated carbocycles. The lowest BCUT2D eigenvalue weighted by Gasteiger charge is -2.47. The van der Waals surface area contributed by atoms with Gasteiger partial charge in [0.25, 0.3) is 0 Å². The summed E-state index contributed by atoms with van der Waals surface area (Å²) in [5, 5.41) is 0. The highest BCUT2D eigenvalue weighted by Crippen LogP contribution is 2.32. The summed E-state index contributed by atoms with van der Waals surface area (Å²) in [5.41, 5.74) is 0.0862. The van der Waals surface area contributed by atoms with E-state index in [-0.39, 0.29) is 5.91 Å². The third-order valence-electron chi connectivity index (χ3n) is 7.22. The van der Waals surface area contributed by atoms with E-state index in [0.717, 1.165) is 71.3 Å². The van der Waals surface area contributed by atoms with Crippen LogP contribution in [-0.4, -0.2) is 85.0 Å². The van der Waals surface area contributed by atoms with Gasteiger partial charge in [0, 0.05) is 70.5 Å². The Morgan fingerprint density at radius 1 is 0.903 bits per heavy atom. The standard InChI is InChI=1S/C23H33F3N4O/c1-18(31)27-10-7-20(8-11-27)30-9-3-6-22(17-30)29-14-12-28(13-15-29)21-5-2-4-19(16-21)23(24,25)26/h2,4-5,16,20,22H,3,6-15,17H2,1H3/t22-/m1/s1. The number of piperazine rings is 1. The van der Waals surface area contributed by atoms with E-state index in [1.165, 1.54) is 25.0 Å². The van der Waals surface area contributed by atoms with Crippen LogP contribution in [0.5, 0.6) is 0 Å². The topological polar surface area (TPSA) is 30.0 Å². The molecule has 0 spiro atoms. The van der Waals surface area contributed by atoms with Crippen molar-refractivity contribution < 1.29 is 18.0 Å². The fourth-order valence-electron chi connectivity index (χ4n) is 5.38. The minimum absolute atomic E-state index is 0.175. The molecule has 8 heteroatoms. The first-order chi connectivity index (χ1) is 14.8. The summed E-state index contributed by atoms with van der Waals surface area (Å²) in [6, 6.07) is 6.76. The van der Waals surface area contributed by atoms with Crippen LogP contribution in [0, 0.1) is 0 Å². The zero-order valence-corrected chi connectivity index (χ0v) is 18.3. The summed E-state index contributed by atoms with van der Waals surface area (Å²) in [6.45, 7) is 8.85. The Morgan fingerprint density at radius 3 is 2.26 bits per heavy atom. The predicted molar refractivity (Wildman–Crippen MR) is 115 cm³/mol. The Morgan fingerprint density at radius 2 is 1.61 bits per heavy atom. The summed E-state index contributed by atoms with van der Waals surface area (Å²) in [6.07, 6.45) is 0.174. The average molecular weight is 439 g/mol. The number of amides is 1. The molecule has 172 valence electrons. The Hall–Kier alpha value is -1.80. The lowest BCUT2D eigenvalue weighted by molar-refractivity contribution is -0.137. The average Bonchev–Trinajstić information content (AvgIpc) is 2.79. The lowest BCUT2D eigenvalue weighted by atomic mass is 9.96. The van der Waals surface area contributed by atoms with Crippen LogP contribution in [0.1, 0.15) is 38.2 Å². The number of benzene rings is 1. The molecule has 4 rings (SSSR count). The van der Waals surface area contributed by atoms with Gasteiger partial charge in [0.1, 0.15) is 0 Å². The number of carbonyl (C=O) groups is 1. The molecule has 3 aliphatic rings. The second-order valence-corrected chi connectivity index (χ2v) is 9.10. The van der Waals surface area contributed by atoms with Crippen LogP contribution in [-0.2, 0) is 11.0 Å². The Kier molecular flexibility index (Phi) is 6.77. The monoisotopic (exact) mass is 438 g/mol. The molecule has 1 amide bonds. The molecule has 0 unspecified atom stereocenters. The van der Waals surface area contributed by atoms with Crippen molar-refractivity contribution in [3.63, 3.8) is 0 Å². The first kappa shape index (κ1) is 22.4. The molecule has 1 atom stereocenters. The Bertz CT molecular complexity index is 755. The van der Waals surface area contributed by atoms with E-state index >= 15 is 0 Å². The van der Waals surface area contributed by atoms with Crippen molar-refractivity contribution in [2.45, 2.75) is 50.9 Å². The van der Waals surface area contributed by atoms with E-state index in [2.05, 4.69) is 14.7 Å². The molecule has 3 heterocycles. The summed E-state index contributed by atoms with van der Waals surface area (Å²) >= 11 is 0. The highest BCUT2D eigenvalue weighted by molar-refractivity contribution is 5.73. The fraction of sp³-hybridized carbons (Fsp3) is 0.696. The molecule has 1 aromatic carbocycles. The van der Waals surface area contributed by atoms with Gasteiger partial charge in [-0.15, -0.1) is 0 Å². The largest absolute Gasteiger partial charge is 0.416 e. The van der Waals surface area contributed by atoms with E-state index in [9.17, 15) is 18.0 Å². The van der Waals surface area contributed by atoms with Crippen molar-refractivity contribution in [1.82, 2.24) is 14.7 Å². The molecule has 0 aromatic heterocycles. The zero-order chi connectivity index (χ0) is 22.0. The zero-order valence-electron chi connectivity index (χ0n) is 18.3. The quantitative estimate of drug-likeness (QED) is 0.725. The SMILES string of the molecule is CC(=O)N1CCC(N2CCC[C@@H](N3CCN(c4cccc(C(F)(F)F)c4)CC3)C2)CC1. The number of piperidine rings is 2. The third kappa shape index (κ3) is 5.34. The van der Waals surface area contributed by atoms with E-state index in [1.807, 2.05) is 4.90 Å². The molecule has 0 bridgehead atoms. The summed E-state index contributed by atoms with van der Waals surface area (Å²) < 4.78 is 39.1. The van der Waals surface area contributed by atoms with Crippen LogP contribution in [0.2, 0.25) is 0 Å². The van der Waals surface area contributed by atoms with Crippen molar-refractivity contribution in [1.29, 1.82) is 0 Å². The van der Waals surface area contributed by atoms with E-state index < -0.39 is 11.7 Å². The lowest BCUT2D eigenvalue weighted by Crippen LogP contribution is -2.57. The number of hydrogen-bond donors (Lipinski definition) is 0. The van der Waals surface area contributed by atoms with E-state index in [4.69, 9.17) is 0 Å². The summed E-state index contributed by atoms with van der Waals surface area (Å²) in [7, 11) is 0. The second kappa shape index (κ2) is 9.36. The molecule has 3 fully saturated rings. The minimum Gasteiger partial charge on any atom is -0.369 e. The van der Waals surface area contributed by atoms with Gasteiger partial charge in [-0.2, -0.15) is 13.2 Å². The number of halogens is 3. The molecular weight excluding hydrogens is 405 g/mol. The van der Waals surface area contributed by atoms with Crippen molar-refractivity contribution in [3.05, 3.63) is 29.8 Å². The maximum Gasteiger partial charge on any atom is 0.416 e. The fourth-order valence-corrected chi connectivity index (χ4v) is 5.38. The van der Waals surface area contributed by atoms with Gasteiger partial charge in [-0.25, -0.2) is 0 Å². The van der Waals surface area contributed by atoms with E-state index in [0.29, 0.717) is 17.8 Å². The normalized spacial score (nSPS) is 25.1. The molecule has 31 heavy (non-hydrogen) atoms. The number of carbonyl (C=O) groups excluding carboxylic acids is 1. The molecule has 5 nitrogen and oxygen atoms in total. The summed E-state index contributed by atoms with van der Waals surface area (Å²) in [5.74, 6) is 0.175. The third-order valence-corrected chi connectivity index (χ3v) is 7.22. The van der Waals surface area contributed by atoms with Gasteiger partial charge < -0.3 is 9.80 Å². The van der Waals surface area contributed by atoms with Crippen LogP contribution < -0.4 is 4.90 Å². The molecule has 0 radical (unpaired) electrons. The molecule has 1 aromatic rings. The van der Waals surface area contributed by atoms with E-state index in [1.54, 1.807) is 13.0 Å². The van der Waals surface area contributed by atoms with Crippen LogP contribution in [0.4, 0.5) is 18.9 Å². The van der Waals surface area contributed by atoms with Crippen molar-refractivity contribution >= 4 is 11.6 Å². The molecule has 0 aliphatic carbocycles. The first-order valence-corrected chi connectivity index (χ1v) is 11.5. The highest BCUT2D eigenvalue weighted by atomic mass is 19.4. The van der Waals surface area contributed by atoms with Gasteiger partial charge in [0.15, 0.2) is 0 Å². The van der Waals surface area contributed by atoms with Crippen molar-refractivity contribution in [2.24, 2.45) is 0 Å². The number of rotatable bonds is 3. The van der Waals surface area contributed by atoms with Gasteiger partial charge >= 0.3 is 6.18 Å². The number of nitrogens with zero attached hydrogens (tertiary/aromatic N) is 4. The minimum atomic E-state index is -4.30. The first-order valence-electron chi connectivity index (χ1n) is 11.5. The van der Waals surface area contributed by atoms with Crippen LogP contribution in [0.3, 0.4) is 0 Å². The number of likely N-dealkylation sites (tertiary alicyclic amines) is 2. The summed E-state index contributed by atoms with van der Waals surface area (Å²) in [4.78, 5) is 20.8. The maximum absolute atomic E-state index is 13.0. The van der Waals surface area contributed by atoms with Gasteiger partial charge in [0.2, 0.25) is 5.91 Å². The molecule has 3 saturated heterocycles. The maximum atomic E-state index is 13.0. The van der Waals surface area contributed by atoms with Crippen molar-refractivity contribution in [3.8, 4) is 0 Å². The number of anilines is 1. The van der Waals surface area contributed by atoms with Crippen LogP contribution in [0.25, 0.3) is 0 Å². The van der Waals surface area contributed by atoms with Crippen LogP contribution in [0.15, 0.2) is 24.3 Å². The van der Waals surface area contributed by atoms with Gasteiger partial charge in [-0.05, 0) is 50.4 Å². The molecular formula is C23H33F3N4O. The molecule has 3 aliphatic heterocycles. The number of hydrogen-bond acceptors (Lipinski definition) is 4. The Balaban J connectivity index is 1.29. The van der Waals surface area contributed by atoms with Crippen LogP contribution >= 0.6 is 0 Å². The Labute approximate surface area is 182 Å². The predicted octanol–water partition coefficient (Wildman–Crippen LogP) is 3.30.